The van der Waals surface area contributed by atoms with Crippen molar-refractivity contribution in [1.29, 1.82) is 0 Å². The minimum atomic E-state index is -2.25. The molecule has 4 heterocycles. The summed E-state index contributed by atoms with van der Waals surface area (Å²) in [6.07, 6.45) is -0.100. The first-order valence-electron chi connectivity index (χ1n) is 12.0. The summed E-state index contributed by atoms with van der Waals surface area (Å²) >= 11 is 0. The fraction of sp³-hybridized carbons (Fsp3) is 0.286. The number of ether oxygens (including phenoxy) is 1. The van der Waals surface area contributed by atoms with E-state index in [-0.39, 0.29) is 12.3 Å². The molecule has 8 heteroatoms. The van der Waals surface area contributed by atoms with Crippen molar-refractivity contribution in [1.82, 2.24) is 14.5 Å². The Labute approximate surface area is 205 Å². The maximum absolute atomic E-state index is 13.3. The molecule has 0 saturated carbocycles. The van der Waals surface area contributed by atoms with Gasteiger partial charge in [0.15, 0.2) is 5.72 Å². The third kappa shape index (κ3) is 2.23. The highest BCUT2D eigenvalue weighted by molar-refractivity contribution is 6.31. The Kier molecular flexibility index (Phi) is 3.96. The van der Waals surface area contributed by atoms with Gasteiger partial charge in [0, 0.05) is 46.1 Å². The number of fused-ring (bicyclic) bond motifs is 9. The zero-order valence-corrected chi connectivity index (χ0v) is 20.1. The molecule has 2 aliphatic rings. The summed E-state index contributed by atoms with van der Waals surface area (Å²) in [6, 6.07) is 15.0. The lowest BCUT2D eigenvalue weighted by atomic mass is 9.83. The van der Waals surface area contributed by atoms with Crippen LogP contribution in [0, 0.1) is 0 Å². The van der Waals surface area contributed by atoms with Gasteiger partial charge in [-0.2, -0.15) is 0 Å². The van der Waals surface area contributed by atoms with Crippen LogP contribution >= 0.6 is 0 Å². The molecule has 0 saturated heterocycles. The number of nitrogens with zero attached hydrogens (tertiary/aromatic N) is 2. The van der Waals surface area contributed by atoms with Crippen molar-refractivity contribution in [3.63, 3.8) is 0 Å². The molecule has 0 aliphatic carbocycles. The van der Waals surface area contributed by atoms with E-state index >= 15 is 0 Å². The molecule has 8 nitrogen and oxygen atoms in total. The molecule has 3 N–H and O–H groups in total. The molecular formula is C28H25N3O5. The number of methoxy groups -OCH3 is 1. The molecule has 0 bridgehead atoms. The van der Waals surface area contributed by atoms with Crippen molar-refractivity contribution in [3.05, 3.63) is 59.7 Å². The number of hydrogen-bond donors (Lipinski definition) is 3. The number of aromatic nitrogens is 2. The van der Waals surface area contributed by atoms with Gasteiger partial charge in [-0.15, -0.1) is 0 Å². The van der Waals surface area contributed by atoms with E-state index in [1.165, 1.54) is 14.0 Å². The first kappa shape index (κ1) is 21.4. The first-order valence-corrected chi connectivity index (χ1v) is 12.0. The normalized spacial score (nSPS) is 25.5. The Morgan fingerprint density at radius 1 is 1.03 bits per heavy atom. The van der Waals surface area contributed by atoms with Gasteiger partial charge in [0.05, 0.1) is 29.2 Å². The summed E-state index contributed by atoms with van der Waals surface area (Å²) < 4.78 is 8.81. The largest absolute Gasteiger partial charge is 0.467 e. The van der Waals surface area contributed by atoms with E-state index < -0.39 is 23.3 Å². The number of para-hydroxylation sites is 2. The fourth-order valence-corrected chi connectivity index (χ4v) is 6.73. The van der Waals surface area contributed by atoms with Gasteiger partial charge in [0.1, 0.15) is 0 Å². The van der Waals surface area contributed by atoms with Crippen molar-refractivity contribution in [3.8, 4) is 0 Å². The minimum Gasteiger partial charge on any atom is -0.467 e. The second-order valence-electron chi connectivity index (χ2n) is 10.1. The van der Waals surface area contributed by atoms with Crippen LogP contribution in [0.4, 0.5) is 0 Å². The minimum absolute atomic E-state index is 0.100. The number of aliphatic hydroxyl groups is 2. The zero-order chi connectivity index (χ0) is 25.1. The molecule has 182 valence electrons. The molecule has 0 spiro atoms. The van der Waals surface area contributed by atoms with Gasteiger partial charge in [0.25, 0.3) is 5.91 Å². The molecule has 3 atom stereocenters. The molecule has 0 fully saturated rings. The van der Waals surface area contributed by atoms with Gasteiger partial charge < -0.3 is 29.4 Å². The molecule has 0 radical (unpaired) electrons. The lowest BCUT2D eigenvalue weighted by Crippen LogP contribution is -2.60. The van der Waals surface area contributed by atoms with Crippen molar-refractivity contribution in [2.75, 3.05) is 7.11 Å². The zero-order valence-electron chi connectivity index (χ0n) is 20.1. The van der Waals surface area contributed by atoms with Gasteiger partial charge in [-0.3, -0.25) is 4.79 Å². The number of nitrogens with one attached hydrogen (secondary N) is 1. The second kappa shape index (κ2) is 6.66. The van der Waals surface area contributed by atoms with E-state index in [0.717, 1.165) is 38.1 Å². The molecule has 2 aromatic heterocycles. The van der Waals surface area contributed by atoms with E-state index in [0.29, 0.717) is 23.1 Å². The number of carbonyl (C=O) groups is 2. The van der Waals surface area contributed by atoms with Gasteiger partial charge in [-0.05, 0) is 31.5 Å². The Balaban J connectivity index is 1.86. The molecule has 3 aromatic carbocycles. The maximum atomic E-state index is 13.3. The Hall–Kier alpha value is -3.88. The highest BCUT2D eigenvalue weighted by Gasteiger charge is 2.57. The highest BCUT2D eigenvalue weighted by Crippen LogP contribution is 2.51. The summed E-state index contributed by atoms with van der Waals surface area (Å²) in [5.41, 5.74) is 0.207. The second-order valence-corrected chi connectivity index (χ2v) is 10.1. The van der Waals surface area contributed by atoms with Crippen LogP contribution in [0.5, 0.6) is 0 Å². The SMILES string of the molecule is COC(=O)[C@]1(O)C[C@H](C)n2c3ccccc3c3c4c(c5c6ccccc6n(c5c32)[C@]1(C)O)CNC4=O. The van der Waals surface area contributed by atoms with Crippen LogP contribution in [0.2, 0.25) is 0 Å². The lowest BCUT2D eigenvalue weighted by molar-refractivity contribution is -0.217. The first-order chi connectivity index (χ1) is 17.2. The summed E-state index contributed by atoms with van der Waals surface area (Å²) in [5.74, 6) is -1.03. The molecule has 1 amide bonds. The van der Waals surface area contributed by atoms with Crippen LogP contribution in [0.25, 0.3) is 43.6 Å². The van der Waals surface area contributed by atoms with E-state index in [1.54, 1.807) is 4.57 Å². The summed E-state index contributed by atoms with van der Waals surface area (Å²) in [6.45, 7) is 3.73. The standard InChI is InChI=1S/C28H25N3O5/c1-14-12-28(35,26(33)36-3)27(2,34)31-19-11-7-5-9-16(19)20-17-13-29-25(32)22(17)21-15-8-4-6-10-18(15)30(14)23(21)24(20)31/h4-11,14,34-35H,12-13H2,1-3H3,(H,29,32)/t14-,27+,28+/m0/s1. The van der Waals surface area contributed by atoms with Crippen LogP contribution in [0.1, 0.15) is 42.2 Å². The van der Waals surface area contributed by atoms with Crippen molar-refractivity contribution in [2.24, 2.45) is 0 Å². The molecule has 36 heavy (non-hydrogen) atoms. The van der Waals surface area contributed by atoms with Crippen LogP contribution in [0.15, 0.2) is 48.5 Å². The van der Waals surface area contributed by atoms with E-state index in [4.69, 9.17) is 4.74 Å². The average Bonchev–Trinajstić information content (AvgIpc) is 3.52. The topological polar surface area (TPSA) is 106 Å². The monoisotopic (exact) mass is 483 g/mol. The predicted octanol–water partition coefficient (Wildman–Crippen LogP) is 3.68. The molecular weight excluding hydrogens is 458 g/mol. The lowest BCUT2D eigenvalue weighted by Gasteiger charge is -2.43. The number of carbonyl (C=O) groups excluding carboxylic acids is 2. The molecule has 5 aromatic rings. The van der Waals surface area contributed by atoms with Gasteiger partial charge in [0.2, 0.25) is 5.60 Å². The quantitative estimate of drug-likeness (QED) is 0.316. The van der Waals surface area contributed by atoms with E-state index in [1.807, 2.05) is 55.5 Å². The molecule has 0 unspecified atom stereocenters. The van der Waals surface area contributed by atoms with Gasteiger partial charge >= 0.3 is 5.97 Å². The van der Waals surface area contributed by atoms with Gasteiger partial charge in [-0.25, -0.2) is 4.79 Å². The highest BCUT2D eigenvalue weighted by atomic mass is 16.5. The van der Waals surface area contributed by atoms with Gasteiger partial charge in [-0.1, -0.05) is 36.4 Å². The summed E-state index contributed by atoms with van der Waals surface area (Å²) in [5, 5.41) is 30.6. The summed E-state index contributed by atoms with van der Waals surface area (Å²) in [7, 11) is 1.21. The van der Waals surface area contributed by atoms with Crippen LogP contribution in [0.3, 0.4) is 0 Å². The van der Waals surface area contributed by atoms with Crippen molar-refractivity contribution < 1.29 is 24.5 Å². The van der Waals surface area contributed by atoms with E-state index in [9.17, 15) is 19.8 Å². The number of rotatable bonds is 1. The Bertz CT molecular complexity index is 1810. The van der Waals surface area contributed by atoms with Crippen LogP contribution in [-0.4, -0.2) is 43.9 Å². The third-order valence-corrected chi connectivity index (χ3v) is 8.29. The van der Waals surface area contributed by atoms with Crippen molar-refractivity contribution in [2.45, 2.75) is 44.2 Å². The number of benzene rings is 3. The predicted molar refractivity (Wildman–Crippen MR) is 136 cm³/mol. The van der Waals surface area contributed by atoms with Crippen molar-refractivity contribution >= 4 is 55.5 Å². The Morgan fingerprint density at radius 2 is 1.67 bits per heavy atom. The number of amides is 1. The fourth-order valence-electron chi connectivity index (χ4n) is 6.73. The number of hydrogen-bond acceptors (Lipinski definition) is 5. The maximum Gasteiger partial charge on any atom is 0.343 e. The Morgan fingerprint density at radius 3 is 2.36 bits per heavy atom. The average molecular weight is 484 g/mol. The smallest absolute Gasteiger partial charge is 0.343 e. The van der Waals surface area contributed by atoms with E-state index in [2.05, 4.69) is 9.88 Å². The summed E-state index contributed by atoms with van der Waals surface area (Å²) in [4.78, 5) is 26.4. The van der Waals surface area contributed by atoms with Crippen LogP contribution < -0.4 is 5.32 Å². The molecule has 2 aliphatic heterocycles. The molecule has 7 rings (SSSR count). The number of esters is 1. The third-order valence-electron chi connectivity index (χ3n) is 8.29. The van der Waals surface area contributed by atoms with Crippen LogP contribution in [-0.2, 0) is 21.8 Å².